The molecule has 1 heterocycles. The van der Waals surface area contributed by atoms with Gasteiger partial charge in [-0.05, 0) is 57.1 Å². The fourth-order valence-corrected chi connectivity index (χ4v) is 4.87. The molecule has 0 saturated heterocycles. The van der Waals surface area contributed by atoms with E-state index >= 15 is 0 Å². The van der Waals surface area contributed by atoms with Gasteiger partial charge in [0, 0.05) is 13.0 Å². The van der Waals surface area contributed by atoms with E-state index in [1.54, 1.807) is 0 Å². The van der Waals surface area contributed by atoms with Crippen LogP contribution in [0.25, 0.3) is 0 Å². The van der Waals surface area contributed by atoms with Crippen LogP contribution in [0.15, 0.2) is 24.3 Å². The summed E-state index contributed by atoms with van der Waals surface area (Å²) in [6, 6.07) is 8.53. The largest absolute Gasteiger partial charge is 0.460 e. The molecular weight excluding hydrogens is 424 g/mol. The Morgan fingerprint density at radius 1 is 1.22 bits per heavy atom. The van der Waals surface area contributed by atoms with Gasteiger partial charge in [0.05, 0.1) is 18.2 Å². The van der Waals surface area contributed by atoms with Crippen molar-refractivity contribution in [3.05, 3.63) is 52.1 Å². The maximum Gasteiger partial charge on any atom is 0.310 e. The Kier molecular flexibility index (Phi) is 8.40. The predicted molar refractivity (Wildman–Crippen MR) is 128 cm³/mol. The molecule has 3 rings (SSSR count). The molecule has 0 amide bonds. The zero-order valence-corrected chi connectivity index (χ0v) is 20.6. The topological polar surface area (TPSA) is 64.4 Å². The van der Waals surface area contributed by atoms with Gasteiger partial charge in [-0.2, -0.15) is 0 Å². The van der Waals surface area contributed by atoms with Crippen LogP contribution in [0.5, 0.6) is 0 Å². The van der Waals surface area contributed by atoms with E-state index in [9.17, 15) is 9.90 Å². The SMILES string of the molecule is CCCCc1nc(Cl)c(CO)n1Cc1ccc([C@@H]2CCCC[C@H]2C(=O)OC(C)(C)C)cc1. The highest BCUT2D eigenvalue weighted by molar-refractivity contribution is 6.30. The Balaban J connectivity index is 1.78. The number of imidazole rings is 1. The summed E-state index contributed by atoms with van der Waals surface area (Å²) >= 11 is 6.28. The van der Waals surface area contributed by atoms with Crippen molar-refractivity contribution in [2.45, 2.75) is 97.3 Å². The first-order valence-electron chi connectivity index (χ1n) is 11.9. The highest BCUT2D eigenvalue weighted by atomic mass is 35.5. The van der Waals surface area contributed by atoms with E-state index in [1.165, 1.54) is 5.56 Å². The Morgan fingerprint density at radius 3 is 2.53 bits per heavy atom. The fraction of sp³-hybridized carbons (Fsp3) is 0.615. The van der Waals surface area contributed by atoms with Crippen LogP contribution < -0.4 is 0 Å². The number of unbranched alkanes of at least 4 members (excludes halogenated alkanes) is 1. The molecule has 1 N–H and O–H groups in total. The lowest BCUT2D eigenvalue weighted by Crippen LogP contribution is -2.33. The highest BCUT2D eigenvalue weighted by Gasteiger charge is 2.35. The van der Waals surface area contributed by atoms with Gasteiger partial charge < -0.3 is 14.4 Å². The van der Waals surface area contributed by atoms with Crippen LogP contribution in [0, 0.1) is 5.92 Å². The summed E-state index contributed by atoms with van der Waals surface area (Å²) in [5.41, 5.74) is 2.52. The van der Waals surface area contributed by atoms with Crippen molar-refractivity contribution < 1.29 is 14.6 Å². The summed E-state index contributed by atoms with van der Waals surface area (Å²) in [4.78, 5) is 17.3. The lowest BCUT2D eigenvalue weighted by Gasteiger charge is -2.32. The molecule has 0 radical (unpaired) electrons. The molecule has 6 heteroatoms. The number of ether oxygens (including phenoxy) is 1. The molecule has 1 fully saturated rings. The van der Waals surface area contributed by atoms with E-state index in [0.717, 1.165) is 56.3 Å². The zero-order valence-electron chi connectivity index (χ0n) is 19.9. The smallest absolute Gasteiger partial charge is 0.310 e. The van der Waals surface area contributed by atoms with Crippen molar-refractivity contribution in [2.24, 2.45) is 5.92 Å². The Bertz CT molecular complexity index is 899. The van der Waals surface area contributed by atoms with Crippen LogP contribution in [0.3, 0.4) is 0 Å². The minimum atomic E-state index is -0.463. The average molecular weight is 461 g/mol. The number of carbonyl (C=O) groups excluding carboxylic acids is 1. The maximum absolute atomic E-state index is 12.8. The number of aliphatic hydroxyl groups excluding tert-OH is 1. The molecule has 5 nitrogen and oxygen atoms in total. The summed E-state index contributed by atoms with van der Waals surface area (Å²) in [5.74, 6) is 0.959. The molecule has 0 spiro atoms. The van der Waals surface area contributed by atoms with Gasteiger partial charge >= 0.3 is 5.97 Å². The molecule has 1 aromatic carbocycles. The Morgan fingerprint density at radius 2 is 1.91 bits per heavy atom. The van der Waals surface area contributed by atoms with E-state index in [1.807, 2.05) is 25.3 Å². The summed E-state index contributed by atoms with van der Waals surface area (Å²) in [7, 11) is 0. The molecule has 1 aliphatic carbocycles. The number of aliphatic hydroxyl groups is 1. The zero-order chi connectivity index (χ0) is 23.3. The first kappa shape index (κ1) is 24.8. The van der Waals surface area contributed by atoms with Crippen LogP contribution in [0.4, 0.5) is 0 Å². The standard InChI is InChI=1S/C26H37ClN2O3/c1-5-6-11-23-28-24(27)22(17-30)29(23)16-18-12-14-19(15-13-18)20-9-7-8-10-21(20)25(31)32-26(2,3)4/h12-15,20-21,30H,5-11,16-17H2,1-4H3/t20-,21+/m0/s1. The number of hydrogen-bond acceptors (Lipinski definition) is 4. The number of aromatic nitrogens is 2. The van der Waals surface area contributed by atoms with Gasteiger partial charge in [-0.1, -0.05) is 62.1 Å². The number of rotatable bonds is 8. The molecule has 176 valence electrons. The molecule has 1 aliphatic rings. The van der Waals surface area contributed by atoms with Crippen molar-refractivity contribution >= 4 is 17.6 Å². The fourth-order valence-electron chi connectivity index (χ4n) is 4.61. The van der Waals surface area contributed by atoms with Gasteiger partial charge in [0.25, 0.3) is 0 Å². The number of hydrogen-bond donors (Lipinski definition) is 1. The number of halogens is 1. The third kappa shape index (κ3) is 6.14. The third-order valence-electron chi connectivity index (χ3n) is 6.23. The van der Waals surface area contributed by atoms with Gasteiger partial charge in [0.15, 0.2) is 5.15 Å². The molecule has 2 atom stereocenters. The van der Waals surface area contributed by atoms with Crippen LogP contribution in [0.1, 0.15) is 94.8 Å². The number of esters is 1. The van der Waals surface area contributed by atoms with Crippen LogP contribution >= 0.6 is 11.6 Å². The number of carbonyl (C=O) groups is 1. The lowest BCUT2D eigenvalue weighted by molar-refractivity contribution is -0.161. The summed E-state index contributed by atoms with van der Waals surface area (Å²) in [6.45, 7) is 8.42. The summed E-state index contributed by atoms with van der Waals surface area (Å²) < 4.78 is 7.76. The van der Waals surface area contributed by atoms with E-state index in [2.05, 4.69) is 36.2 Å². The first-order valence-corrected chi connectivity index (χ1v) is 12.3. The summed E-state index contributed by atoms with van der Waals surface area (Å²) in [6.07, 6.45) is 7.06. The number of aryl methyl sites for hydroxylation is 1. The van der Waals surface area contributed by atoms with Crippen molar-refractivity contribution in [3.8, 4) is 0 Å². The molecule has 32 heavy (non-hydrogen) atoms. The molecular formula is C26H37ClN2O3. The second-order valence-electron chi connectivity index (χ2n) is 9.89. The van der Waals surface area contributed by atoms with E-state index in [-0.39, 0.29) is 24.4 Å². The molecule has 1 aromatic heterocycles. The minimum absolute atomic E-state index is 0.0764. The molecule has 1 saturated carbocycles. The number of benzene rings is 1. The molecule has 2 aromatic rings. The lowest BCUT2D eigenvalue weighted by atomic mass is 9.75. The van der Waals surface area contributed by atoms with Crippen molar-refractivity contribution in [1.82, 2.24) is 9.55 Å². The van der Waals surface area contributed by atoms with Crippen LogP contribution in [0.2, 0.25) is 5.15 Å². The van der Waals surface area contributed by atoms with Crippen LogP contribution in [-0.2, 0) is 29.1 Å². The molecule has 0 unspecified atom stereocenters. The predicted octanol–water partition coefficient (Wildman–Crippen LogP) is 6.04. The van der Waals surface area contributed by atoms with E-state index in [0.29, 0.717) is 17.4 Å². The highest BCUT2D eigenvalue weighted by Crippen LogP contribution is 2.39. The maximum atomic E-state index is 12.8. The molecule has 0 aliphatic heterocycles. The van der Waals surface area contributed by atoms with Crippen LogP contribution in [-0.4, -0.2) is 26.2 Å². The van der Waals surface area contributed by atoms with E-state index in [4.69, 9.17) is 16.3 Å². The van der Waals surface area contributed by atoms with Gasteiger partial charge in [-0.3, -0.25) is 4.79 Å². The third-order valence-corrected chi connectivity index (χ3v) is 6.53. The normalized spacial score (nSPS) is 19.2. The second kappa shape index (κ2) is 10.8. The quantitative estimate of drug-likeness (QED) is 0.488. The van der Waals surface area contributed by atoms with E-state index < -0.39 is 5.60 Å². The monoisotopic (exact) mass is 460 g/mol. The van der Waals surface area contributed by atoms with Crippen molar-refractivity contribution in [3.63, 3.8) is 0 Å². The Labute approximate surface area is 197 Å². The molecule has 0 bridgehead atoms. The Hall–Kier alpha value is -1.85. The van der Waals surface area contributed by atoms with Crippen molar-refractivity contribution in [2.75, 3.05) is 0 Å². The number of nitrogens with zero attached hydrogens (tertiary/aromatic N) is 2. The van der Waals surface area contributed by atoms with Gasteiger partial charge in [0.2, 0.25) is 0 Å². The second-order valence-corrected chi connectivity index (χ2v) is 10.2. The van der Waals surface area contributed by atoms with Gasteiger partial charge in [0.1, 0.15) is 11.4 Å². The average Bonchev–Trinajstić information content (AvgIpc) is 3.05. The van der Waals surface area contributed by atoms with Crippen molar-refractivity contribution in [1.29, 1.82) is 0 Å². The van der Waals surface area contributed by atoms with Gasteiger partial charge in [-0.25, -0.2) is 4.98 Å². The summed E-state index contributed by atoms with van der Waals surface area (Å²) in [5, 5.41) is 10.2. The first-order chi connectivity index (χ1) is 15.2. The minimum Gasteiger partial charge on any atom is -0.460 e. The van der Waals surface area contributed by atoms with Gasteiger partial charge in [-0.15, -0.1) is 0 Å².